The van der Waals surface area contributed by atoms with Crippen LogP contribution in [-0.4, -0.2) is 53.1 Å². The zero-order chi connectivity index (χ0) is 14.8. The maximum Gasteiger partial charge on any atom is 0.405 e. The first-order valence-electron chi connectivity index (χ1n) is 6.07. The van der Waals surface area contributed by atoms with Crippen molar-refractivity contribution in [2.45, 2.75) is 45.4 Å². The van der Waals surface area contributed by atoms with Crippen molar-refractivity contribution in [2.24, 2.45) is 5.41 Å². The predicted octanol–water partition coefficient (Wildman–Crippen LogP) is 0.807. The van der Waals surface area contributed by atoms with Gasteiger partial charge in [0.15, 0.2) is 0 Å². The van der Waals surface area contributed by atoms with E-state index in [-0.39, 0.29) is 13.0 Å². The molecule has 2 unspecified atom stereocenters. The Hall–Kier alpha value is -1.66. The molecule has 2 N–H and O–H groups in total. The largest absolute Gasteiger partial charge is 0.465 e. The standard InChI is InChI=1S/C12H19FN2O4/c1-12(2,3)9(14-11(18)19)10(17)15-5-4-7(13)8(15)6-16/h6-9,14H,4-5H2,1-3H3,(H,18,19)/t7?,8?,9-/m1/s1. The van der Waals surface area contributed by atoms with Crippen LogP contribution in [0, 0.1) is 5.41 Å². The Labute approximate surface area is 111 Å². The number of alkyl halides is 1. The highest BCUT2D eigenvalue weighted by Crippen LogP contribution is 2.26. The summed E-state index contributed by atoms with van der Waals surface area (Å²) in [6.45, 7) is 5.22. The molecule has 19 heavy (non-hydrogen) atoms. The van der Waals surface area contributed by atoms with Gasteiger partial charge in [0.05, 0.1) is 0 Å². The van der Waals surface area contributed by atoms with Crippen molar-refractivity contribution in [2.75, 3.05) is 6.54 Å². The third kappa shape index (κ3) is 3.42. The van der Waals surface area contributed by atoms with Crippen LogP contribution in [0.2, 0.25) is 0 Å². The minimum atomic E-state index is -1.38. The number of amides is 2. The van der Waals surface area contributed by atoms with Crippen LogP contribution in [0.1, 0.15) is 27.2 Å². The predicted molar refractivity (Wildman–Crippen MR) is 65.5 cm³/mol. The number of aldehydes is 1. The lowest BCUT2D eigenvalue weighted by molar-refractivity contribution is -0.139. The number of carbonyl (C=O) groups excluding carboxylic acids is 2. The normalized spacial score (nSPS) is 24.9. The van der Waals surface area contributed by atoms with E-state index in [1.807, 2.05) is 0 Å². The summed E-state index contributed by atoms with van der Waals surface area (Å²) in [5, 5.41) is 10.9. The molecule has 0 bridgehead atoms. The van der Waals surface area contributed by atoms with E-state index >= 15 is 0 Å². The quantitative estimate of drug-likeness (QED) is 0.745. The molecule has 1 fully saturated rings. The van der Waals surface area contributed by atoms with Crippen LogP contribution in [0.25, 0.3) is 0 Å². The second-order valence-corrected chi connectivity index (χ2v) is 5.71. The van der Waals surface area contributed by atoms with Crippen molar-refractivity contribution in [1.82, 2.24) is 10.2 Å². The average Bonchev–Trinajstić information content (AvgIpc) is 2.64. The van der Waals surface area contributed by atoms with Crippen molar-refractivity contribution < 1.29 is 23.9 Å². The fourth-order valence-electron chi connectivity index (χ4n) is 2.13. The van der Waals surface area contributed by atoms with E-state index in [0.29, 0.717) is 6.29 Å². The lowest BCUT2D eigenvalue weighted by atomic mass is 9.85. The number of halogens is 1. The van der Waals surface area contributed by atoms with Crippen LogP contribution < -0.4 is 5.32 Å². The van der Waals surface area contributed by atoms with Gasteiger partial charge < -0.3 is 20.1 Å². The molecule has 1 saturated heterocycles. The zero-order valence-corrected chi connectivity index (χ0v) is 11.2. The molecule has 6 nitrogen and oxygen atoms in total. The summed E-state index contributed by atoms with van der Waals surface area (Å²) in [6.07, 6.45) is -2.21. The van der Waals surface area contributed by atoms with Gasteiger partial charge in [0.2, 0.25) is 5.91 Å². The van der Waals surface area contributed by atoms with Gasteiger partial charge in [-0.1, -0.05) is 20.8 Å². The molecule has 3 atom stereocenters. The van der Waals surface area contributed by atoms with Crippen LogP contribution in [0.3, 0.4) is 0 Å². The van der Waals surface area contributed by atoms with Gasteiger partial charge in [-0.05, 0) is 11.8 Å². The van der Waals surface area contributed by atoms with Crippen LogP contribution in [0.5, 0.6) is 0 Å². The average molecular weight is 274 g/mol. The van der Waals surface area contributed by atoms with Crippen molar-refractivity contribution in [1.29, 1.82) is 0 Å². The first kappa shape index (κ1) is 15.4. The highest BCUT2D eigenvalue weighted by atomic mass is 19.1. The Morgan fingerprint density at radius 2 is 2.05 bits per heavy atom. The molecule has 0 aromatic rings. The second kappa shape index (κ2) is 5.54. The number of nitrogens with zero attached hydrogens (tertiary/aromatic N) is 1. The van der Waals surface area contributed by atoms with Gasteiger partial charge in [0.1, 0.15) is 24.5 Å². The van der Waals surface area contributed by atoms with E-state index in [4.69, 9.17) is 5.11 Å². The van der Waals surface area contributed by atoms with Gasteiger partial charge >= 0.3 is 6.09 Å². The molecular weight excluding hydrogens is 255 g/mol. The Morgan fingerprint density at radius 3 is 2.47 bits per heavy atom. The summed E-state index contributed by atoms with van der Waals surface area (Å²) in [6, 6.07) is -2.13. The first-order chi connectivity index (χ1) is 8.68. The maximum atomic E-state index is 13.5. The zero-order valence-electron chi connectivity index (χ0n) is 11.2. The highest BCUT2D eigenvalue weighted by Gasteiger charge is 2.43. The molecule has 0 saturated carbocycles. The van der Waals surface area contributed by atoms with Gasteiger partial charge in [-0.15, -0.1) is 0 Å². The molecule has 1 heterocycles. The molecular formula is C12H19FN2O4. The summed E-state index contributed by atoms with van der Waals surface area (Å²) in [5.74, 6) is -0.563. The van der Waals surface area contributed by atoms with Gasteiger partial charge in [-0.3, -0.25) is 4.79 Å². The maximum absolute atomic E-state index is 13.5. The SMILES string of the molecule is CC(C)(C)[C@H](NC(=O)O)C(=O)N1CCC(F)C1C=O. The van der Waals surface area contributed by atoms with E-state index in [2.05, 4.69) is 5.32 Å². The molecule has 1 rings (SSSR count). The van der Waals surface area contributed by atoms with Crippen LogP contribution in [0.15, 0.2) is 0 Å². The van der Waals surface area contributed by atoms with E-state index in [1.54, 1.807) is 20.8 Å². The number of hydrogen-bond donors (Lipinski definition) is 2. The molecule has 0 aromatic heterocycles. The molecule has 1 aliphatic rings. The van der Waals surface area contributed by atoms with Crippen LogP contribution in [-0.2, 0) is 9.59 Å². The smallest absolute Gasteiger partial charge is 0.405 e. The number of likely N-dealkylation sites (tertiary alicyclic amines) is 1. The fraction of sp³-hybridized carbons (Fsp3) is 0.750. The Kier molecular flexibility index (Phi) is 4.49. The molecule has 1 aliphatic heterocycles. The van der Waals surface area contributed by atoms with Crippen molar-refractivity contribution in [3.63, 3.8) is 0 Å². The first-order valence-corrected chi connectivity index (χ1v) is 6.07. The number of hydrogen-bond acceptors (Lipinski definition) is 3. The number of nitrogens with one attached hydrogen (secondary N) is 1. The third-order valence-corrected chi connectivity index (χ3v) is 3.18. The van der Waals surface area contributed by atoms with E-state index in [9.17, 15) is 18.8 Å². The van der Waals surface area contributed by atoms with Gasteiger partial charge in [0.25, 0.3) is 0 Å². The molecule has 7 heteroatoms. The third-order valence-electron chi connectivity index (χ3n) is 3.18. The monoisotopic (exact) mass is 274 g/mol. The molecule has 0 spiro atoms. The Morgan fingerprint density at radius 1 is 1.47 bits per heavy atom. The van der Waals surface area contributed by atoms with E-state index in [0.717, 1.165) is 4.90 Å². The van der Waals surface area contributed by atoms with Crippen molar-refractivity contribution in [3.8, 4) is 0 Å². The fourth-order valence-corrected chi connectivity index (χ4v) is 2.13. The molecule has 0 aromatic carbocycles. The number of carbonyl (C=O) groups is 3. The Bertz CT molecular complexity index is 380. The highest BCUT2D eigenvalue weighted by molar-refractivity contribution is 5.88. The number of carboxylic acid groups (broad SMARTS) is 1. The van der Waals surface area contributed by atoms with E-state index < -0.39 is 35.7 Å². The minimum Gasteiger partial charge on any atom is -0.465 e. The molecule has 108 valence electrons. The van der Waals surface area contributed by atoms with Crippen molar-refractivity contribution in [3.05, 3.63) is 0 Å². The Balaban J connectivity index is 2.94. The summed E-state index contributed by atoms with van der Waals surface area (Å²) in [4.78, 5) is 35.1. The van der Waals surface area contributed by atoms with E-state index in [1.165, 1.54) is 0 Å². The molecule has 0 aliphatic carbocycles. The lowest BCUT2D eigenvalue weighted by Crippen LogP contribution is -2.56. The van der Waals surface area contributed by atoms with Gasteiger partial charge in [-0.25, -0.2) is 9.18 Å². The van der Waals surface area contributed by atoms with Crippen molar-refractivity contribution >= 4 is 18.3 Å². The summed E-state index contributed by atoms with van der Waals surface area (Å²) >= 11 is 0. The van der Waals surface area contributed by atoms with Gasteiger partial charge in [-0.2, -0.15) is 0 Å². The minimum absolute atomic E-state index is 0.0963. The lowest BCUT2D eigenvalue weighted by Gasteiger charge is -2.33. The summed E-state index contributed by atoms with van der Waals surface area (Å²) < 4.78 is 13.5. The summed E-state index contributed by atoms with van der Waals surface area (Å²) in [5.41, 5.74) is -0.669. The van der Waals surface area contributed by atoms with Crippen LogP contribution >= 0.6 is 0 Å². The molecule has 2 amide bonds. The van der Waals surface area contributed by atoms with Crippen LogP contribution in [0.4, 0.5) is 9.18 Å². The second-order valence-electron chi connectivity index (χ2n) is 5.71. The molecule has 0 radical (unpaired) electrons. The number of rotatable bonds is 3. The summed E-state index contributed by atoms with van der Waals surface area (Å²) in [7, 11) is 0. The topological polar surface area (TPSA) is 86.7 Å². The van der Waals surface area contributed by atoms with Gasteiger partial charge in [0, 0.05) is 6.54 Å².